The predicted octanol–water partition coefficient (Wildman–Crippen LogP) is 3.75. The second-order valence-corrected chi connectivity index (χ2v) is 4.55. The van der Waals surface area contributed by atoms with E-state index in [-0.39, 0.29) is 0 Å². The lowest BCUT2D eigenvalue weighted by molar-refractivity contribution is 0.471. The highest BCUT2D eigenvalue weighted by Gasteiger charge is 2.11. The van der Waals surface area contributed by atoms with Crippen LogP contribution >= 0.6 is 0 Å². The van der Waals surface area contributed by atoms with Crippen LogP contribution in [0, 0.1) is 5.95 Å². The molecule has 1 N–H and O–H groups in total. The Bertz CT molecular complexity index is 319. The van der Waals surface area contributed by atoms with Crippen molar-refractivity contribution in [1.29, 1.82) is 0 Å². The molecule has 1 aromatic heterocycles. The Morgan fingerprint density at radius 1 is 1.12 bits per heavy atom. The molecular formula is C13H19FN2. The zero-order chi connectivity index (χ0) is 11.2. The van der Waals surface area contributed by atoms with Crippen molar-refractivity contribution in [2.45, 2.75) is 51.0 Å². The Morgan fingerprint density at radius 3 is 2.50 bits per heavy atom. The summed E-state index contributed by atoms with van der Waals surface area (Å²) in [6, 6.07) is 3.81. The molecule has 0 saturated heterocycles. The maximum atomic E-state index is 12.9. The highest BCUT2D eigenvalue weighted by atomic mass is 19.1. The molecule has 0 spiro atoms. The molecule has 0 unspecified atom stereocenters. The van der Waals surface area contributed by atoms with Crippen LogP contribution in [-0.2, 0) is 0 Å². The summed E-state index contributed by atoms with van der Waals surface area (Å²) in [6.07, 6.45) is 10.5. The zero-order valence-corrected chi connectivity index (χ0v) is 9.58. The molecule has 0 atom stereocenters. The first-order chi connectivity index (χ1) is 7.84. The largest absolute Gasteiger partial charge is 0.382 e. The van der Waals surface area contributed by atoms with Crippen molar-refractivity contribution < 1.29 is 4.39 Å². The number of halogens is 1. The lowest BCUT2D eigenvalue weighted by atomic mass is 9.96. The van der Waals surface area contributed by atoms with E-state index in [2.05, 4.69) is 10.3 Å². The van der Waals surface area contributed by atoms with Gasteiger partial charge in [0.15, 0.2) is 0 Å². The highest BCUT2D eigenvalue weighted by molar-refractivity contribution is 5.42. The van der Waals surface area contributed by atoms with Gasteiger partial charge in [0.05, 0.1) is 0 Å². The zero-order valence-electron chi connectivity index (χ0n) is 9.58. The molecular weight excluding hydrogens is 203 g/mol. The molecule has 1 fully saturated rings. The first kappa shape index (κ1) is 11.4. The third-order valence-electron chi connectivity index (χ3n) is 3.20. The molecule has 1 aliphatic rings. The van der Waals surface area contributed by atoms with Crippen LogP contribution < -0.4 is 5.32 Å². The van der Waals surface area contributed by atoms with Crippen molar-refractivity contribution in [2.75, 3.05) is 5.32 Å². The summed E-state index contributed by atoms with van der Waals surface area (Å²) in [4.78, 5) is 3.56. The second kappa shape index (κ2) is 5.83. The summed E-state index contributed by atoms with van der Waals surface area (Å²) in [7, 11) is 0. The standard InChI is InChI=1S/C13H19FN2/c14-13-10-12(8-9-15-13)16-11-6-4-2-1-3-5-7-11/h8-11H,1-7H2,(H,15,16). The van der Waals surface area contributed by atoms with Gasteiger partial charge in [0.25, 0.3) is 0 Å². The van der Waals surface area contributed by atoms with Crippen LogP contribution in [-0.4, -0.2) is 11.0 Å². The normalized spacial score (nSPS) is 18.8. The van der Waals surface area contributed by atoms with E-state index in [0.29, 0.717) is 6.04 Å². The summed E-state index contributed by atoms with van der Waals surface area (Å²) in [5, 5.41) is 3.41. The maximum absolute atomic E-state index is 12.9. The van der Waals surface area contributed by atoms with Gasteiger partial charge in [-0.1, -0.05) is 32.1 Å². The molecule has 0 aromatic carbocycles. The van der Waals surface area contributed by atoms with Gasteiger partial charge in [0.2, 0.25) is 5.95 Å². The Labute approximate surface area is 96.3 Å². The fourth-order valence-electron chi connectivity index (χ4n) is 2.33. The van der Waals surface area contributed by atoms with Crippen LogP contribution in [0.4, 0.5) is 10.1 Å². The lowest BCUT2D eigenvalue weighted by Crippen LogP contribution is -2.20. The minimum atomic E-state index is -0.407. The van der Waals surface area contributed by atoms with Crippen molar-refractivity contribution in [3.8, 4) is 0 Å². The number of nitrogens with zero attached hydrogens (tertiary/aromatic N) is 1. The van der Waals surface area contributed by atoms with Crippen molar-refractivity contribution in [1.82, 2.24) is 4.98 Å². The predicted molar refractivity (Wildman–Crippen MR) is 63.9 cm³/mol. The number of pyridine rings is 1. The van der Waals surface area contributed by atoms with Gasteiger partial charge in [-0.05, 0) is 18.9 Å². The summed E-state index contributed by atoms with van der Waals surface area (Å²) in [5.41, 5.74) is 0.859. The Kier molecular flexibility index (Phi) is 4.14. The number of nitrogens with one attached hydrogen (secondary N) is 1. The van der Waals surface area contributed by atoms with Crippen LogP contribution in [0.2, 0.25) is 0 Å². The van der Waals surface area contributed by atoms with E-state index in [4.69, 9.17) is 0 Å². The number of hydrogen-bond donors (Lipinski definition) is 1. The van der Waals surface area contributed by atoms with Gasteiger partial charge >= 0.3 is 0 Å². The number of anilines is 1. The van der Waals surface area contributed by atoms with Crippen LogP contribution in [0.25, 0.3) is 0 Å². The maximum Gasteiger partial charge on any atom is 0.214 e. The van der Waals surface area contributed by atoms with Gasteiger partial charge in [-0.3, -0.25) is 0 Å². The van der Waals surface area contributed by atoms with Crippen molar-refractivity contribution >= 4 is 5.69 Å². The van der Waals surface area contributed by atoms with E-state index in [0.717, 1.165) is 5.69 Å². The number of aromatic nitrogens is 1. The Hall–Kier alpha value is -1.12. The highest BCUT2D eigenvalue weighted by Crippen LogP contribution is 2.20. The van der Waals surface area contributed by atoms with E-state index < -0.39 is 5.95 Å². The summed E-state index contributed by atoms with van der Waals surface area (Å²) < 4.78 is 12.9. The van der Waals surface area contributed by atoms with Gasteiger partial charge in [-0.25, -0.2) is 4.98 Å². The van der Waals surface area contributed by atoms with E-state index in [1.54, 1.807) is 0 Å². The van der Waals surface area contributed by atoms with Gasteiger partial charge in [0.1, 0.15) is 0 Å². The molecule has 2 nitrogen and oxygen atoms in total. The minimum absolute atomic E-state index is 0.407. The molecule has 0 amide bonds. The van der Waals surface area contributed by atoms with E-state index in [9.17, 15) is 4.39 Å². The molecule has 88 valence electrons. The van der Waals surface area contributed by atoms with E-state index in [1.165, 1.54) is 57.2 Å². The fraction of sp³-hybridized carbons (Fsp3) is 0.615. The van der Waals surface area contributed by atoms with Crippen LogP contribution in [0.5, 0.6) is 0 Å². The van der Waals surface area contributed by atoms with Crippen molar-refractivity contribution in [2.24, 2.45) is 0 Å². The fourth-order valence-corrected chi connectivity index (χ4v) is 2.33. The molecule has 0 aliphatic heterocycles. The third-order valence-corrected chi connectivity index (χ3v) is 3.20. The van der Waals surface area contributed by atoms with E-state index >= 15 is 0 Å². The molecule has 1 heterocycles. The summed E-state index contributed by atoms with van der Waals surface area (Å²) in [5.74, 6) is -0.407. The molecule has 3 heteroatoms. The average Bonchev–Trinajstić information content (AvgIpc) is 2.22. The monoisotopic (exact) mass is 222 g/mol. The van der Waals surface area contributed by atoms with Gasteiger partial charge in [-0.15, -0.1) is 0 Å². The number of hydrogen-bond acceptors (Lipinski definition) is 2. The molecule has 1 aromatic rings. The SMILES string of the molecule is Fc1cc(NC2CCCCCCC2)ccn1. The van der Waals surface area contributed by atoms with Crippen LogP contribution in [0.15, 0.2) is 18.3 Å². The lowest BCUT2D eigenvalue weighted by Gasteiger charge is -2.21. The van der Waals surface area contributed by atoms with Crippen LogP contribution in [0.1, 0.15) is 44.9 Å². The van der Waals surface area contributed by atoms with Crippen molar-refractivity contribution in [3.63, 3.8) is 0 Å². The quantitative estimate of drug-likeness (QED) is 0.771. The van der Waals surface area contributed by atoms with Crippen LogP contribution in [0.3, 0.4) is 0 Å². The average molecular weight is 222 g/mol. The number of rotatable bonds is 2. The molecule has 0 radical (unpaired) electrons. The molecule has 16 heavy (non-hydrogen) atoms. The smallest absolute Gasteiger partial charge is 0.214 e. The molecule has 2 rings (SSSR count). The molecule has 1 saturated carbocycles. The molecule has 1 aliphatic carbocycles. The molecule has 0 bridgehead atoms. The van der Waals surface area contributed by atoms with Gasteiger partial charge < -0.3 is 5.32 Å². The van der Waals surface area contributed by atoms with E-state index in [1.807, 2.05) is 6.07 Å². The van der Waals surface area contributed by atoms with Crippen molar-refractivity contribution in [3.05, 3.63) is 24.3 Å². The topological polar surface area (TPSA) is 24.9 Å². The Morgan fingerprint density at radius 2 is 1.81 bits per heavy atom. The summed E-state index contributed by atoms with van der Waals surface area (Å²) in [6.45, 7) is 0. The first-order valence-electron chi connectivity index (χ1n) is 6.23. The summed E-state index contributed by atoms with van der Waals surface area (Å²) >= 11 is 0. The van der Waals surface area contributed by atoms with Gasteiger partial charge in [-0.2, -0.15) is 4.39 Å². The Balaban J connectivity index is 1.91. The second-order valence-electron chi connectivity index (χ2n) is 4.55. The third kappa shape index (κ3) is 3.47. The minimum Gasteiger partial charge on any atom is -0.382 e. The van der Waals surface area contributed by atoms with Gasteiger partial charge in [0, 0.05) is 24.0 Å². The first-order valence-corrected chi connectivity index (χ1v) is 6.23.